The van der Waals surface area contributed by atoms with Crippen molar-refractivity contribution in [2.24, 2.45) is 4.99 Å². The van der Waals surface area contributed by atoms with Gasteiger partial charge in [-0.25, -0.2) is 14.6 Å². The molecule has 1 aromatic carbocycles. The Bertz CT molecular complexity index is 690. The third-order valence-corrected chi connectivity index (χ3v) is 4.55. The molecule has 2 unspecified atom stereocenters. The summed E-state index contributed by atoms with van der Waals surface area (Å²) in [4.78, 5) is 27.6. The highest BCUT2D eigenvalue weighted by molar-refractivity contribution is 5.80. The van der Waals surface area contributed by atoms with E-state index in [4.69, 9.17) is 14.2 Å². The fourth-order valence-electron chi connectivity index (χ4n) is 2.99. The Labute approximate surface area is 172 Å². The topological polar surface area (TPSA) is 86.2 Å². The zero-order chi connectivity index (χ0) is 20.9. The molecule has 0 radical (unpaired) electrons. The monoisotopic (exact) mass is 402 g/mol. The van der Waals surface area contributed by atoms with Crippen LogP contribution in [0.25, 0.3) is 0 Å². The lowest BCUT2D eigenvalue weighted by Crippen LogP contribution is -2.33. The van der Waals surface area contributed by atoms with Gasteiger partial charge in [-0.05, 0) is 37.3 Å². The molecule has 0 saturated carbocycles. The van der Waals surface area contributed by atoms with Crippen LogP contribution in [0.1, 0.15) is 44.6 Å². The Morgan fingerprint density at radius 1 is 1.14 bits per heavy atom. The molecule has 2 atom stereocenters. The number of benzene rings is 1. The number of hydrogen-bond donors (Lipinski definition) is 1. The van der Waals surface area contributed by atoms with E-state index in [9.17, 15) is 9.59 Å². The molecule has 29 heavy (non-hydrogen) atoms. The first-order chi connectivity index (χ1) is 14.1. The second kappa shape index (κ2) is 12.6. The molecular formula is C22H30N2O5. The first kappa shape index (κ1) is 22.5. The van der Waals surface area contributed by atoms with Crippen LogP contribution in [0.4, 0.5) is 4.79 Å². The number of carbonyl (C=O) groups is 2. The highest BCUT2D eigenvalue weighted by Gasteiger charge is 2.35. The van der Waals surface area contributed by atoms with Crippen molar-refractivity contribution < 1.29 is 23.8 Å². The van der Waals surface area contributed by atoms with Crippen molar-refractivity contribution in [3.63, 3.8) is 0 Å². The molecule has 2 rings (SSSR count). The van der Waals surface area contributed by atoms with E-state index < -0.39 is 18.2 Å². The molecule has 1 aliphatic heterocycles. The number of nitrogens with zero attached hydrogens (tertiary/aromatic N) is 1. The molecule has 0 aliphatic carbocycles. The lowest BCUT2D eigenvalue weighted by Gasteiger charge is -2.18. The average Bonchev–Trinajstić information content (AvgIpc) is 3.22. The van der Waals surface area contributed by atoms with Gasteiger partial charge in [0.25, 0.3) is 0 Å². The Hall–Kier alpha value is -2.83. The van der Waals surface area contributed by atoms with Gasteiger partial charge in [0.15, 0.2) is 18.5 Å². The minimum atomic E-state index is -0.645. The molecule has 0 saturated heterocycles. The van der Waals surface area contributed by atoms with Crippen molar-refractivity contribution in [1.29, 1.82) is 0 Å². The highest BCUT2D eigenvalue weighted by Crippen LogP contribution is 2.22. The molecule has 158 valence electrons. The zero-order valence-electron chi connectivity index (χ0n) is 17.0. The van der Waals surface area contributed by atoms with Crippen LogP contribution >= 0.6 is 0 Å². The van der Waals surface area contributed by atoms with Gasteiger partial charge in [0.2, 0.25) is 0 Å². The largest absolute Gasteiger partial charge is 0.473 e. The van der Waals surface area contributed by atoms with Crippen LogP contribution in [0, 0.1) is 0 Å². The first-order valence-corrected chi connectivity index (χ1v) is 10.1. The number of rotatable bonds is 12. The molecule has 7 nitrogen and oxygen atoms in total. The van der Waals surface area contributed by atoms with Crippen LogP contribution in [0.2, 0.25) is 0 Å². The van der Waals surface area contributed by atoms with Crippen molar-refractivity contribution >= 4 is 18.5 Å². The second-order valence-corrected chi connectivity index (χ2v) is 6.82. The molecule has 1 N–H and O–H groups in total. The summed E-state index contributed by atoms with van der Waals surface area (Å²) in [6, 6.07) is 8.93. The molecule has 0 bridgehead atoms. The number of ether oxygens (including phenoxy) is 3. The van der Waals surface area contributed by atoms with Crippen LogP contribution in [-0.2, 0) is 25.6 Å². The maximum Gasteiger partial charge on any atom is 0.407 e. The number of alkyl carbamates (subject to hydrolysis) is 1. The lowest BCUT2D eigenvalue weighted by molar-refractivity contribution is -0.145. The zero-order valence-corrected chi connectivity index (χ0v) is 17.0. The van der Waals surface area contributed by atoms with Gasteiger partial charge in [-0.3, -0.25) is 0 Å². The molecule has 0 spiro atoms. The Kier molecular flexibility index (Phi) is 9.75. The van der Waals surface area contributed by atoms with Gasteiger partial charge in [0.05, 0.1) is 6.61 Å². The molecule has 7 heteroatoms. The maximum absolute atomic E-state index is 11.9. The summed E-state index contributed by atoms with van der Waals surface area (Å²) in [7, 11) is 0. The Morgan fingerprint density at radius 2 is 1.90 bits per heavy atom. The Balaban J connectivity index is 1.50. The number of aliphatic imine (C=N–C) groups is 1. The highest BCUT2D eigenvalue weighted by atomic mass is 16.6. The lowest BCUT2D eigenvalue weighted by atomic mass is 9.98. The van der Waals surface area contributed by atoms with Gasteiger partial charge in [-0.2, -0.15) is 0 Å². The predicted molar refractivity (Wildman–Crippen MR) is 111 cm³/mol. The molecule has 1 aliphatic rings. The molecule has 1 heterocycles. The van der Waals surface area contributed by atoms with Gasteiger partial charge >= 0.3 is 12.1 Å². The van der Waals surface area contributed by atoms with Gasteiger partial charge in [0, 0.05) is 6.54 Å². The van der Waals surface area contributed by atoms with E-state index in [1.165, 1.54) is 6.40 Å². The van der Waals surface area contributed by atoms with E-state index >= 15 is 0 Å². The van der Waals surface area contributed by atoms with E-state index in [0.717, 1.165) is 43.2 Å². The van der Waals surface area contributed by atoms with E-state index in [1.54, 1.807) is 6.92 Å². The number of unbranched alkanes of at least 4 members (excludes halogenated alkanes) is 3. The fraction of sp³-hybridized carbons (Fsp3) is 0.500. The summed E-state index contributed by atoms with van der Waals surface area (Å²) in [5.41, 5.74) is 1.81. The number of hydrogen-bond acceptors (Lipinski definition) is 6. The SMILES string of the molecule is C=C(CCCCCCNC(=O)OCc1ccccc1)C1OC=NC1C(=O)OCC. The summed E-state index contributed by atoms with van der Waals surface area (Å²) >= 11 is 0. The number of esters is 1. The van der Waals surface area contributed by atoms with Gasteiger partial charge in [0.1, 0.15) is 6.61 Å². The Morgan fingerprint density at radius 3 is 2.66 bits per heavy atom. The standard InChI is InChI=1S/C22H30N2O5/c1-3-27-21(25)19-20(29-16-24-19)17(2)11-7-4-5-10-14-23-22(26)28-15-18-12-8-6-9-13-18/h6,8-9,12-13,16,19-20H,2-5,7,10-11,14-15H2,1H3,(H,23,26). The van der Waals surface area contributed by atoms with Crippen molar-refractivity contribution in [1.82, 2.24) is 5.32 Å². The number of nitrogens with one attached hydrogen (secondary N) is 1. The molecule has 0 fully saturated rings. The normalized spacial score (nSPS) is 17.4. The van der Waals surface area contributed by atoms with Gasteiger partial charge < -0.3 is 19.5 Å². The molecule has 0 aromatic heterocycles. The summed E-state index contributed by atoms with van der Waals surface area (Å²) in [5, 5.41) is 2.76. The third-order valence-electron chi connectivity index (χ3n) is 4.55. The van der Waals surface area contributed by atoms with Gasteiger partial charge in [-0.1, -0.05) is 49.8 Å². The number of amides is 1. The summed E-state index contributed by atoms with van der Waals surface area (Å²) in [6.07, 6.45) is 5.03. The van der Waals surface area contributed by atoms with Crippen molar-refractivity contribution in [3.05, 3.63) is 48.0 Å². The van der Waals surface area contributed by atoms with Crippen molar-refractivity contribution in [3.8, 4) is 0 Å². The van der Waals surface area contributed by atoms with Crippen LogP contribution in [0.3, 0.4) is 0 Å². The smallest absolute Gasteiger partial charge is 0.407 e. The van der Waals surface area contributed by atoms with Crippen molar-refractivity contribution in [2.45, 2.75) is 57.8 Å². The fourth-order valence-corrected chi connectivity index (χ4v) is 2.99. The average molecular weight is 402 g/mol. The summed E-state index contributed by atoms with van der Waals surface area (Å²) in [6.45, 7) is 6.98. The van der Waals surface area contributed by atoms with Crippen LogP contribution in [-0.4, -0.2) is 43.8 Å². The minimum Gasteiger partial charge on any atom is -0.473 e. The summed E-state index contributed by atoms with van der Waals surface area (Å²) < 4.78 is 15.6. The predicted octanol–water partition coefficient (Wildman–Crippen LogP) is 3.78. The summed E-state index contributed by atoms with van der Waals surface area (Å²) in [5.74, 6) is -0.377. The molecule has 1 amide bonds. The quantitative estimate of drug-likeness (QED) is 0.327. The number of carbonyl (C=O) groups excluding carboxylic acids is 2. The van der Waals surface area contributed by atoms with Crippen LogP contribution in [0.5, 0.6) is 0 Å². The first-order valence-electron chi connectivity index (χ1n) is 10.1. The third kappa shape index (κ3) is 7.97. The minimum absolute atomic E-state index is 0.272. The second-order valence-electron chi connectivity index (χ2n) is 6.82. The van der Waals surface area contributed by atoms with E-state index in [-0.39, 0.29) is 12.6 Å². The van der Waals surface area contributed by atoms with Crippen molar-refractivity contribution in [2.75, 3.05) is 13.2 Å². The molecule has 1 aromatic rings. The van der Waals surface area contributed by atoms with Crippen LogP contribution < -0.4 is 5.32 Å². The van der Waals surface area contributed by atoms with E-state index in [1.807, 2.05) is 30.3 Å². The maximum atomic E-state index is 11.9. The van der Waals surface area contributed by atoms with E-state index in [2.05, 4.69) is 16.9 Å². The van der Waals surface area contributed by atoms with E-state index in [0.29, 0.717) is 13.2 Å². The van der Waals surface area contributed by atoms with Gasteiger partial charge in [-0.15, -0.1) is 0 Å². The van der Waals surface area contributed by atoms with Crippen LogP contribution in [0.15, 0.2) is 47.5 Å². The molecular weight excluding hydrogens is 372 g/mol.